The van der Waals surface area contributed by atoms with Gasteiger partial charge in [0.25, 0.3) is 0 Å². The van der Waals surface area contributed by atoms with Crippen molar-refractivity contribution in [3.63, 3.8) is 0 Å². The maximum absolute atomic E-state index is 11.8. The first-order chi connectivity index (χ1) is 9.02. The van der Waals surface area contributed by atoms with Crippen molar-refractivity contribution in [1.82, 2.24) is 5.32 Å². The molecule has 1 aromatic carbocycles. The van der Waals surface area contributed by atoms with Gasteiger partial charge in [0.2, 0.25) is 5.91 Å². The van der Waals surface area contributed by atoms with E-state index in [4.69, 9.17) is 0 Å². The van der Waals surface area contributed by atoms with Gasteiger partial charge in [-0.05, 0) is 30.0 Å². The molecule has 0 aliphatic rings. The molecule has 0 aromatic heterocycles. The molecule has 0 spiro atoms. The van der Waals surface area contributed by atoms with Crippen molar-refractivity contribution in [1.29, 1.82) is 0 Å². The van der Waals surface area contributed by atoms with Gasteiger partial charge in [-0.2, -0.15) is 0 Å². The second kappa shape index (κ2) is 8.12. The highest BCUT2D eigenvalue weighted by molar-refractivity contribution is 9.10. The summed E-state index contributed by atoms with van der Waals surface area (Å²) in [5.41, 5.74) is 0.946. The molecule has 3 nitrogen and oxygen atoms in total. The molecule has 1 aromatic rings. The van der Waals surface area contributed by atoms with Crippen molar-refractivity contribution in [3.8, 4) is 0 Å². The quantitative estimate of drug-likeness (QED) is 0.790. The summed E-state index contributed by atoms with van der Waals surface area (Å²) in [5, 5.41) is 12.0. The molecule has 19 heavy (non-hydrogen) atoms. The van der Waals surface area contributed by atoms with Crippen LogP contribution in [0.3, 0.4) is 0 Å². The van der Waals surface area contributed by atoms with E-state index in [-0.39, 0.29) is 18.6 Å². The summed E-state index contributed by atoms with van der Waals surface area (Å²) >= 11 is 3.42. The Balaban J connectivity index is 2.57. The molecule has 1 amide bonds. The highest BCUT2D eigenvalue weighted by Crippen LogP contribution is 2.17. The predicted octanol–water partition coefficient (Wildman–Crippen LogP) is 2.99. The van der Waals surface area contributed by atoms with Crippen molar-refractivity contribution >= 4 is 27.9 Å². The molecule has 0 aliphatic heterocycles. The number of carbonyl (C=O) groups excluding carboxylic acids is 1. The van der Waals surface area contributed by atoms with E-state index in [0.717, 1.165) is 16.5 Å². The van der Waals surface area contributed by atoms with Crippen LogP contribution in [-0.4, -0.2) is 23.7 Å². The Kier molecular flexibility index (Phi) is 6.81. The molecule has 1 rings (SSSR count). The molecule has 0 heterocycles. The smallest absolute Gasteiger partial charge is 0.244 e. The number of amides is 1. The van der Waals surface area contributed by atoms with Gasteiger partial charge < -0.3 is 10.4 Å². The number of nitrogens with one attached hydrogen (secondary N) is 1. The summed E-state index contributed by atoms with van der Waals surface area (Å²) in [5.74, 6) is 0.250. The summed E-state index contributed by atoms with van der Waals surface area (Å²) in [6.45, 7) is 4.09. The van der Waals surface area contributed by atoms with Gasteiger partial charge in [-0.1, -0.05) is 48.0 Å². The number of hydrogen-bond acceptors (Lipinski definition) is 2. The van der Waals surface area contributed by atoms with Crippen molar-refractivity contribution in [2.45, 2.75) is 26.3 Å². The summed E-state index contributed by atoms with van der Waals surface area (Å²) in [7, 11) is 0. The minimum Gasteiger partial charge on any atom is -0.394 e. The lowest BCUT2D eigenvalue weighted by Gasteiger charge is -2.17. The van der Waals surface area contributed by atoms with Crippen LogP contribution in [0.5, 0.6) is 0 Å². The van der Waals surface area contributed by atoms with Gasteiger partial charge >= 0.3 is 0 Å². The minimum absolute atomic E-state index is 0.0349. The molecule has 0 fully saturated rings. The van der Waals surface area contributed by atoms with Crippen molar-refractivity contribution < 1.29 is 9.90 Å². The first kappa shape index (κ1) is 15.9. The van der Waals surface area contributed by atoms with Crippen LogP contribution in [0.1, 0.15) is 25.8 Å². The van der Waals surface area contributed by atoms with E-state index >= 15 is 0 Å². The van der Waals surface area contributed by atoms with Gasteiger partial charge in [0.05, 0.1) is 12.6 Å². The fourth-order valence-corrected chi connectivity index (χ4v) is 2.19. The maximum Gasteiger partial charge on any atom is 0.244 e. The molecule has 1 unspecified atom stereocenters. The summed E-state index contributed by atoms with van der Waals surface area (Å²) in [6, 6.07) is 7.50. The highest BCUT2D eigenvalue weighted by atomic mass is 79.9. The molecule has 0 radical (unpaired) electrons. The van der Waals surface area contributed by atoms with E-state index in [1.165, 1.54) is 6.08 Å². The third-order valence-electron chi connectivity index (χ3n) is 2.64. The lowest BCUT2D eigenvalue weighted by molar-refractivity contribution is -0.117. The first-order valence-electron chi connectivity index (χ1n) is 6.37. The van der Waals surface area contributed by atoms with Gasteiger partial charge in [-0.15, -0.1) is 0 Å². The van der Waals surface area contributed by atoms with Crippen LogP contribution in [0.25, 0.3) is 6.08 Å². The van der Waals surface area contributed by atoms with Crippen LogP contribution < -0.4 is 5.32 Å². The molecule has 4 heteroatoms. The zero-order chi connectivity index (χ0) is 14.3. The van der Waals surface area contributed by atoms with Gasteiger partial charge in [0.1, 0.15) is 0 Å². The van der Waals surface area contributed by atoms with Crippen LogP contribution in [-0.2, 0) is 4.79 Å². The number of carbonyl (C=O) groups is 1. The molecule has 1 atom stereocenters. The zero-order valence-electron chi connectivity index (χ0n) is 11.3. The van der Waals surface area contributed by atoms with Crippen LogP contribution in [0.15, 0.2) is 34.8 Å². The number of hydrogen-bond donors (Lipinski definition) is 2. The Hall–Kier alpha value is -1.13. The Labute approximate surface area is 122 Å². The number of aliphatic hydroxyl groups is 1. The second-order valence-corrected chi connectivity index (χ2v) is 5.73. The second-order valence-electron chi connectivity index (χ2n) is 4.87. The van der Waals surface area contributed by atoms with Crippen molar-refractivity contribution in [3.05, 3.63) is 40.4 Å². The zero-order valence-corrected chi connectivity index (χ0v) is 12.9. The van der Waals surface area contributed by atoms with E-state index in [1.807, 2.05) is 24.3 Å². The molecule has 2 N–H and O–H groups in total. The Bertz CT molecular complexity index is 444. The number of rotatable bonds is 6. The molecule has 104 valence electrons. The van der Waals surface area contributed by atoms with E-state index < -0.39 is 0 Å². The monoisotopic (exact) mass is 325 g/mol. The molecule has 0 aliphatic carbocycles. The fourth-order valence-electron chi connectivity index (χ4n) is 1.77. The minimum atomic E-state index is -0.185. The molecule has 0 bridgehead atoms. The highest BCUT2D eigenvalue weighted by Gasteiger charge is 2.11. The Morgan fingerprint density at radius 3 is 2.68 bits per heavy atom. The Morgan fingerprint density at radius 1 is 1.42 bits per heavy atom. The summed E-state index contributed by atoms with van der Waals surface area (Å²) < 4.78 is 0.944. The van der Waals surface area contributed by atoms with Gasteiger partial charge in [-0.25, -0.2) is 0 Å². The number of benzene rings is 1. The third-order valence-corrected chi connectivity index (χ3v) is 3.36. The van der Waals surface area contributed by atoms with Crippen LogP contribution in [0.4, 0.5) is 0 Å². The van der Waals surface area contributed by atoms with Gasteiger partial charge in [0, 0.05) is 10.5 Å². The van der Waals surface area contributed by atoms with Crippen molar-refractivity contribution in [2.75, 3.05) is 6.61 Å². The van der Waals surface area contributed by atoms with E-state index in [0.29, 0.717) is 5.92 Å². The number of aliphatic hydroxyl groups excluding tert-OH is 1. The lowest BCUT2D eigenvalue weighted by atomic mass is 10.0. The van der Waals surface area contributed by atoms with Crippen molar-refractivity contribution in [2.24, 2.45) is 5.92 Å². The molecule has 0 saturated heterocycles. The topological polar surface area (TPSA) is 49.3 Å². The van der Waals surface area contributed by atoms with E-state index in [1.54, 1.807) is 6.08 Å². The summed E-state index contributed by atoms with van der Waals surface area (Å²) in [6.07, 6.45) is 4.01. The number of halogens is 1. The Morgan fingerprint density at radius 2 is 2.11 bits per heavy atom. The standard InChI is InChI=1S/C15H20BrNO2/c1-11(2)9-13(10-18)17-15(19)8-7-12-5-3-4-6-14(12)16/h3-8,11,13,18H,9-10H2,1-2H3,(H,17,19). The third kappa shape index (κ3) is 6.03. The average Bonchev–Trinajstić information content (AvgIpc) is 2.36. The predicted molar refractivity (Wildman–Crippen MR) is 81.6 cm³/mol. The summed E-state index contributed by atoms with van der Waals surface area (Å²) in [4.78, 5) is 11.8. The van der Waals surface area contributed by atoms with E-state index in [9.17, 15) is 9.90 Å². The molecule has 0 saturated carbocycles. The normalized spacial score (nSPS) is 12.9. The fraction of sp³-hybridized carbons (Fsp3) is 0.400. The van der Waals surface area contributed by atoms with Crippen LogP contribution >= 0.6 is 15.9 Å². The van der Waals surface area contributed by atoms with E-state index in [2.05, 4.69) is 35.1 Å². The van der Waals surface area contributed by atoms with Gasteiger partial charge in [-0.3, -0.25) is 4.79 Å². The molecular formula is C15H20BrNO2. The van der Waals surface area contributed by atoms with Crippen LogP contribution in [0, 0.1) is 5.92 Å². The largest absolute Gasteiger partial charge is 0.394 e. The van der Waals surface area contributed by atoms with Crippen LogP contribution in [0.2, 0.25) is 0 Å². The first-order valence-corrected chi connectivity index (χ1v) is 7.16. The molecular weight excluding hydrogens is 306 g/mol. The van der Waals surface area contributed by atoms with Gasteiger partial charge in [0.15, 0.2) is 0 Å². The maximum atomic E-state index is 11.8. The lowest BCUT2D eigenvalue weighted by Crippen LogP contribution is -2.37. The SMILES string of the molecule is CC(C)CC(CO)NC(=O)C=Cc1ccccc1Br. The average molecular weight is 326 g/mol.